The van der Waals surface area contributed by atoms with Crippen molar-refractivity contribution >= 4 is 29.0 Å². The van der Waals surface area contributed by atoms with Gasteiger partial charge in [0.1, 0.15) is 0 Å². The van der Waals surface area contributed by atoms with E-state index in [1.807, 2.05) is 0 Å². The van der Waals surface area contributed by atoms with E-state index in [1.54, 1.807) is 30.3 Å². The van der Waals surface area contributed by atoms with Gasteiger partial charge in [-0.2, -0.15) is 26.3 Å². The highest BCUT2D eigenvalue weighted by Crippen LogP contribution is 2.40. The minimum absolute atomic E-state index is 0.00357. The van der Waals surface area contributed by atoms with Gasteiger partial charge in [-0.05, 0) is 55.8 Å². The Balaban J connectivity index is 2.10. The maximum absolute atomic E-state index is 13.5. The van der Waals surface area contributed by atoms with Crippen LogP contribution in [-0.2, 0) is 22.6 Å². The van der Waals surface area contributed by atoms with Crippen LogP contribution in [0.4, 0.5) is 32.0 Å². The summed E-state index contributed by atoms with van der Waals surface area (Å²) in [5.74, 6) is -1.30. The molecule has 0 radical (unpaired) electrons. The van der Waals surface area contributed by atoms with Gasteiger partial charge in [0.05, 0.1) is 22.2 Å². The van der Waals surface area contributed by atoms with Crippen LogP contribution in [0.3, 0.4) is 0 Å². The van der Waals surface area contributed by atoms with Gasteiger partial charge in [0.2, 0.25) is 5.91 Å². The highest BCUT2D eigenvalue weighted by atomic mass is 35.5. The number of ketones is 1. The maximum atomic E-state index is 13.5. The summed E-state index contributed by atoms with van der Waals surface area (Å²) in [5, 5.41) is 0.200. The number of alkyl halides is 6. The summed E-state index contributed by atoms with van der Waals surface area (Å²) in [5.41, 5.74) is -4.93. The first-order chi connectivity index (χ1) is 16.5. The Labute approximate surface area is 208 Å². The van der Waals surface area contributed by atoms with E-state index in [2.05, 4.69) is 0 Å². The smallest absolute Gasteiger partial charge is 0.314 e. The number of amides is 1. The lowest BCUT2D eigenvalue weighted by Crippen LogP contribution is -2.42. The third-order valence-electron chi connectivity index (χ3n) is 5.75. The van der Waals surface area contributed by atoms with Crippen molar-refractivity contribution in [3.63, 3.8) is 0 Å². The van der Waals surface area contributed by atoms with E-state index >= 15 is 0 Å². The van der Waals surface area contributed by atoms with Gasteiger partial charge >= 0.3 is 12.4 Å². The lowest BCUT2D eigenvalue weighted by molar-refractivity contribution is -0.143. The summed E-state index contributed by atoms with van der Waals surface area (Å²) in [4.78, 5) is 27.7. The molecule has 0 aromatic heterocycles. The lowest BCUT2D eigenvalue weighted by Gasteiger charge is -2.32. The Bertz CT molecular complexity index is 1270. The molecule has 0 heterocycles. The second-order valence-corrected chi connectivity index (χ2v) is 9.08. The Hall–Kier alpha value is -3.33. The summed E-state index contributed by atoms with van der Waals surface area (Å²) in [6.45, 7) is 2.44. The number of rotatable bonds is 5. The maximum Gasteiger partial charge on any atom is 0.416 e. The average Bonchev–Trinajstić information content (AvgIpc) is 2.81. The fraction of sp³-hybridized carbons (Fsp3) is 0.231. The fourth-order valence-electron chi connectivity index (χ4n) is 3.70. The van der Waals surface area contributed by atoms with E-state index in [0.29, 0.717) is 17.7 Å². The van der Waals surface area contributed by atoms with Crippen LogP contribution in [0, 0.1) is 0 Å². The van der Waals surface area contributed by atoms with Crippen molar-refractivity contribution in [3.05, 3.63) is 99.6 Å². The van der Waals surface area contributed by atoms with Gasteiger partial charge in [-0.1, -0.05) is 41.9 Å². The van der Waals surface area contributed by atoms with Crippen molar-refractivity contribution in [3.8, 4) is 0 Å². The zero-order valence-corrected chi connectivity index (χ0v) is 20.0. The van der Waals surface area contributed by atoms with E-state index in [1.165, 1.54) is 39.1 Å². The third kappa shape index (κ3) is 5.56. The van der Waals surface area contributed by atoms with Crippen molar-refractivity contribution in [2.45, 2.75) is 31.6 Å². The van der Waals surface area contributed by atoms with Gasteiger partial charge in [0.15, 0.2) is 5.78 Å². The molecule has 3 aromatic rings. The van der Waals surface area contributed by atoms with Crippen LogP contribution in [0.25, 0.3) is 0 Å². The summed E-state index contributed by atoms with van der Waals surface area (Å²) in [6, 6.07) is 13.3. The van der Waals surface area contributed by atoms with Crippen LogP contribution >= 0.6 is 11.6 Å². The zero-order chi connectivity index (χ0) is 27.1. The molecule has 0 aliphatic heterocycles. The van der Waals surface area contributed by atoms with Gasteiger partial charge in [-0.3, -0.25) is 9.59 Å². The minimum atomic E-state index is -5.06. The molecule has 3 nitrogen and oxygen atoms in total. The van der Waals surface area contributed by atoms with Crippen LogP contribution in [0.5, 0.6) is 0 Å². The van der Waals surface area contributed by atoms with Crippen molar-refractivity contribution in [1.82, 2.24) is 0 Å². The van der Waals surface area contributed by atoms with Gasteiger partial charge in [0.25, 0.3) is 0 Å². The number of likely N-dealkylation sites (N-methyl/N-ethyl adjacent to an activating group) is 1. The monoisotopic (exact) mass is 527 g/mol. The molecule has 0 aliphatic rings. The number of halogens is 7. The molecule has 0 bridgehead atoms. The predicted molar refractivity (Wildman–Crippen MR) is 124 cm³/mol. The molecule has 10 heteroatoms. The number of anilines is 1. The first-order valence-electron chi connectivity index (χ1n) is 10.5. The lowest BCUT2D eigenvalue weighted by atomic mass is 9.81. The van der Waals surface area contributed by atoms with E-state index < -0.39 is 46.1 Å². The first kappa shape index (κ1) is 27.3. The standard InChI is InChI=1S/C26H20ClF6NO2/c1-24(2,16-11-17(25(28,29)30)13-18(12-16)26(31,32)33)23(36)34(3)21-10-9-19(27)14-20(21)22(35)15-7-5-4-6-8-15/h4-14H,1-3H3. The fourth-order valence-corrected chi connectivity index (χ4v) is 3.87. The van der Waals surface area contributed by atoms with E-state index in [-0.39, 0.29) is 22.3 Å². The molecular weight excluding hydrogens is 508 g/mol. The normalized spacial score (nSPS) is 12.4. The molecule has 190 valence electrons. The summed E-state index contributed by atoms with van der Waals surface area (Å²) >= 11 is 6.07. The van der Waals surface area contributed by atoms with Crippen molar-refractivity contribution in [2.24, 2.45) is 0 Å². The number of hydrogen-bond acceptors (Lipinski definition) is 2. The highest BCUT2D eigenvalue weighted by molar-refractivity contribution is 6.31. The SMILES string of the molecule is CN(C(=O)C(C)(C)c1cc(C(F)(F)F)cc(C(F)(F)F)c1)c1ccc(Cl)cc1C(=O)c1ccccc1. The van der Waals surface area contributed by atoms with Crippen LogP contribution in [0.1, 0.15) is 46.5 Å². The Morgan fingerprint density at radius 2 is 1.25 bits per heavy atom. The van der Waals surface area contributed by atoms with Crippen molar-refractivity contribution < 1.29 is 35.9 Å². The molecule has 36 heavy (non-hydrogen) atoms. The molecule has 0 fully saturated rings. The number of carbonyl (C=O) groups is 2. The van der Waals surface area contributed by atoms with Crippen LogP contribution in [0.15, 0.2) is 66.7 Å². The summed E-state index contributed by atoms with van der Waals surface area (Å²) in [7, 11) is 1.29. The molecule has 0 aliphatic carbocycles. The molecule has 1 amide bonds. The number of nitrogens with zero attached hydrogens (tertiary/aromatic N) is 1. The molecule has 0 saturated carbocycles. The largest absolute Gasteiger partial charge is 0.416 e. The predicted octanol–water partition coefficient (Wildman–Crippen LogP) is 7.55. The summed E-state index contributed by atoms with van der Waals surface area (Å²) < 4.78 is 80.3. The van der Waals surface area contributed by atoms with E-state index in [0.717, 1.165) is 4.90 Å². The molecule has 3 aromatic carbocycles. The molecule has 0 spiro atoms. The minimum Gasteiger partial charge on any atom is -0.314 e. The molecule has 0 saturated heterocycles. The van der Waals surface area contributed by atoms with Gasteiger partial charge < -0.3 is 4.90 Å². The van der Waals surface area contributed by atoms with Gasteiger partial charge in [0, 0.05) is 23.2 Å². The van der Waals surface area contributed by atoms with E-state index in [9.17, 15) is 35.9 Å². The quantitative estimate of drug-likeness (QED) is 0.254. The van der Waals surface area contributed by atoms with Crippen molar-refractivity contribution in [2.75, 3.05) is 11.9 Å². The molecule has 0 unspecified atom stereocenters. The van der Waals surface area contributed by atoms with Crippen LogP contribution in [-0.4, -0.2) is 18.7 Å². The molecule has 3 rings (SSSR count). The zero-order valence-electron chi connectivity index (χ0n) is 19.3. The second-order valence-electron chi connectivity index (χ2n) is 8.64. The van der Waals surface area contributed by atoms with Crippen molar-refractivity contribution in [1.29, 1.82) is 0 Å². The second kappa shape index (κ2) is 9.61. The third-order valence-corrected chi connectivity index (χ3v) is 5.98. The number of hydrogen-bond donors (Lipinski definition) is 0. The number of carbonyl (C=O) groups excluding carboxylic acids is 2. The molecule has 0 N–H and O–H groups in total. The average molecular weight is 528 g/mol. The van der Waals surface area contributed by atoms with Crippen LogP contribution in [0.2, 0.25) is 5.02 Å². The topological polar surface area (TPSA) is 37.4 Å². The first-order valence-corrected chi connectivity index (χ1v) is 10.9. The number of benzene rings is 3. The Morgan fingerprint density at radius 1 is 0.750 bits per heavy atom. The summed E-state index contributed by atoms with van der Waals surface area (Å²) in [6.07, 6.45) is -10.1. The Morgan fingerprint density at radius 3 is 1.75 bits per heavy atom. The Kier molecular flexibility index (Phi) is 7.28. The molecule has 0 atom stereocenters. The highest BCUT2D eigenvalue weighted by Gasteiger charge is 2.41. The van der Waals surface area contributed by atoms with Crippen LogP contribution < -0.4 is 4.90 Å². The van der Waals surface area contributed by atoms with Gasteiger partial charge in [-0.25, -0.2) is 0 Å². The van der Waals surface area contributed by atoms with E-state index in [4.69, 9.17) is 11.6 Å². The molecular formula is C26H20ClF6NO2. The van der Waals surface area contributed by atoms with Gasteiger partial charge in [-0.15, -0.1) is 0 Å².